The zero-order valence-corrected chi connectivity index (χ0v) is 26.0. The minimum Gasteiger partial charge on any atom is -0.443 e. The smallest absolute Gasteiger partial charge is 0.434 e. The highest BCUT2D eigenvalue weighted by molar-refractivity contribution is 6.36. The third-order valence-electron chi connectivity index (χ3n) is 9.91. The predicted octanol–water partition coefficient (Wildman–Crippen LogP) is 5.18. The van der Waals surface area contributed by atoms with Crippen molar-refractivity contribution >= 4 is 46.0 Å². The highest BCUT2D eigenvalue weighted by Crippen LogP contribution is 2.41. The fourth-order valence-corrected chi connectivity index (χ4v) is 8.04. The third kappa shape index (κ3) is 5.34. The number of hydrogen-bond donors (Lipinski definition) is 0. The minimum atomic E-state index is -0.820. The second kappa shape index (κ2) is 11.7. The Balaban J connectivity index is 1.22. The summed E-state index contributed by atoms with van der Waals surface area (Å²) in [5.41, 5.74) is 2.82. The van der Waals surface area contributed by atoms with Gasteiger partial charge in [0, 0.05) is 61.0 Å². The molecule has 1 aromatic heterocycles. The summed E-state index contributed by atoms with van der Waals surface area (Å²) in [5, 5.41) is 2.87. The normalized spacial score (nSPS) is 25.4. The molecule has 230 valence electrons. The second-order valence-electron chi connectivity index (χ2n) is 12.7. The van der Waals surface area contributed by atoms with Crippen molar-refractivity contribution in [2.75, 3.05) is 51.3 Å². The van der Waals surface area contributed by atoms with E-state index in [1.54, 1.807) is 0 Å². The van der Waals surface area contributed by atoms with Crippen LogP contribution in [0.5, 0.6) is 6.01 Å². The molecule has 0 radical (unpaired) electrons. The zero-order chi connectivity index (χ0) is 30.4. The van der Waals surface area contributed by atoms with Gasteiger partial charge in [0.25, 0.3) is 0 Å². The molecule has 0 aliphatic carbocycles. The van der Waals surface area contributed by atoms with E-state index in [1.165, 1.54) is 6.08 Å². The number of carbonyl (C=O) groups is 1. The van der Waals surface area contributed by atoms with Crippen LogP contribution in [-0.4, -0.2) is 94.6 Å². The molecule has 3 atom stereocenters. The van der Waals surface area contributed by atoms with Crippen molar-refractivity contribution in [3.8, 4) is 6.01 Å². The van der Waals surface area contributed by atoms with Crippen molar-refractivity contribution in [2.24, 2.45) is 5.92 Å². The molecule has 5 heterocycles. The van der Waals surface area contributed by atoms with Crippen molar-refractivity contribution in [1.29, 1.82) is 0 Å². The Morgan fingerprint density at radius 1 is 1.20 bits per heavy atom. The van der Waals surface area contributed by atoms with E-state index in [1.807, 2.05) is 24.1 Å². The maximum atomic E-state index is 14.5. The van der Waals surface area contributed by atoms with E-state index < -0.39 is 6.17 Å². The predicted molar refractivity (Wildman–Crippen MR) is 171 cm³/mol. The first-order valence-electron chi connectivity index (χ1n) is 15.7. The monoisotopic (exact) mass is 617 g/mol. The Morgan fingerprint density at radius 2 is 2.05 bits per heavy atom. The van der Waals surface area contributed by atoms with Gasteiger partial charge < -0.3 is 14.5 Å². The molecule has 1 amide bonds. The molecular formula is C34H39ClFN6O2+. The summed E-state index contributed by atoms with van der Waals surface area (Å²) >= 11 is 6.71. The van der Waals surface area contributed by atoms with Gasteiger partial charge in [-0.2, -0.15) is 4.98 Å². The maximum Gasteiger partial charge on any atom is 0.434 e. The number of rotatable bonds is 7. The van der Waals surface area contributed by atoms with Crippen molar-refractivity contribution in [3.05, 3.63) is 65.3 Å². The Morgan fingerprint density at radius 3 is 2.89 bits per heavy atom. The van der Waals surface area contributed by atoms with Crippen molar-refractivity contribution in [3.63, 3.8) is 0 Å². The fraction of sp³-hybridized carbons (Fsp3) is 0.471. The first-order chi connectivity index (χ1) is 21.3. The van der Waals surface area contributed by atoms with E-state index in [4.69, 9.17) is 26.3 Å². The number of hydrogen-bond acceptors (Lipinski definition) is 6. The lowest BCUT2D eigenvalue weighted by molar-refractivity contribution is -0.407. The molecule has 3 fully saturated rings. The highest BCUT2D eigenvalue weighted by Gasteiger charge is 2.49. The number of nitrogens with zero attached hydrogens (tertiary/aromatic N) is 6. The van der Waals surface area contributed by atoms with Crippen LogP contribution in [0.15, 0.2) is 49.1 Å². The lowest BCUT2D eigenvalue weighted by atomic mass is 9.95. The standard InChI is InChI=1S/C34H39ClFN6O2/c1-3-30(43)41-15-11-23(19-41)18-39(2)32-26-12-16-40(29-10-5-8-24-7-4-9-27(35)31(24)29)21-28(26)37-33(38-32)44-22-34-13-6-14-42(34)20-25(36)17-34/h3-5,7-10,18,23,25H,1,6,11-17,19-22H2,2H3/q+1/t23?,25-,34+/m1/s1. The van der Waals surface area contributed by atoms with Gasteiger partial charge in [0.15, 0.2) is 0 Å². The Hall–Kier alpha value is -3.56. The number of alkyl halides is 1. The van der Waals surface area contributed by atoms with Crippen molar-refractivity contribution in [1.82, 2.24) is 19.8 Å². The SMILES string of the molecule is C=CC(=O)N1CCC(C=[N+](C)c2nc(OC[C@@]34CCCN3C[C@H](F)C4)nc3c2CCN(c2cccc4cccc(Cl)c24)C3)C1. The first kappa shape index (κ1) is 29.2. The second-order valence-corrected chi connectivity index (χ2v) is 13.1. The molecule has 7 rings (SSSR count). The number of fused-ring (bicyclic) bond motifs is 3. The van der Waals surface area contributed by atoms with Gasteiger partial charge in [-0.15, -0.1) is 0 Å². The van der Waals surface area contributed by atoms with Crippen LogP contribution in [0.1, 0.15) is 36.9 Å². The number of amides is 1. The number of aromatic nitrogens is 2. The molecule has 2 aromatic carbocycles. The number of carbonyl (C=O) groups excluding carboxylic acids is 1. The van der Waals surface area contributed by atoms with Gasteiger partial charge in [-0.3, -0.25) is 9.69 Å². The summed E-state index contributed by atoms with van der Waals surface area (Å²) in [4.78, 5) is 28.5. The molecule has 1 unspecified atom stereocenters. The number of halogens is 2. The Bertz CT molecular complexity index is 1640. The zero-order valence-electron chi connectivity index (χ0n) is 25.2. The summed E-state index contributed by atoms with van der Waals surface area (Å²) in [7, 11) is 2.02. The number of benzene rings is 2. The number of ether oxygens (including phenoxy) is 1. The molecule has 10 heteroatoms. The van der Waals surface area contributed by atoms with Gasteiger partial charge in [0.1, 0.15) is 12.8 Å². The lowest BCUT2D eigenvalue weighted by Crippen LogP contribution is -2.43. The topological polar surface area (TPSA) is 64.8 Å². The molecular weight excluding hydrogens is 579 g/mol. The molecule has 3 aromatic rings. The van der Waals surface area contributed by atoms with Crippen LogP contribution >= 0.6 is 11.6 Å². The van der Waals surface area contributed by atoms with Crippen LogP contribution < -0.4 is 9.64 Å². The van der Waals surface area contributed by atoms with Gasteiger partial charge in [-0.25, -0.2) is 8.97 Å². The van der Waals surface area contributed by atoms with E-state index in [0.717, 1.165) is 77.3 Å². The Kier molecular flexibility index (Phi) is 7.79. The summed E-state index contributed by atoms with van der Waals surface area (Å²) < 4.78 is 22.9. The molecule has 0 spiro atoms. The molecule has 0 saturated carbocycles. The van der Waals surface area contributed by atoms with Crippen LogP contribution in [-0.2, 0) is 17.8 Å². The molecule has 4 aliphatic rings. The number of likely N-dealkylation sites (tertiary alicyclic amines) is 1. The molecule has 8 nitrogen and oxygen atoms in total. The average Bonchev–Trinajstić information content (AvgIpc) is 3.73. The quantitative estimate of drug-likeness (QED) is 0.207. The fourth-order valence-electron chi connectivity index (χ4n) is 7.76. The summed E-state index contributed by atoms with van der Waals surface area (Å²) in [6, 6.07) is 12.6. The minimum absolute atomic E-state index is 0.0324. The highest BCUT2D eigenvalue weighted by atomic mass is 35.5. The van der Waals surface area contributed by atoms with E-state index in [-0.39, 0.29) is 17.4 Å². The van der Waals surface area contributed by atoms with Gasteiger partial charge in [0.2, 0.25) is 5.91 Å². The van der Waals surface area contributed by atoms with E-state index >= 15 is 0 Å². The summed E-state index contributed by atoms with van der Waals surface area (Å²) in [5.74, 6) is 1.00. The molecule has 0 N–H and O–H groups in total. The molecule has 44 heavy (non-hydrogen) atoms. The van der Waals surface area contributed by atoms with Crippen LogP contribution in [0.4, 0.5) is 15.9 Å². The number of anilines is 1. The van der Waals surface area contributed by atoms with Crippen LogP contribution in [0, 0.1) is 5.92 Å². The van der Waals surface area contributed by atoms with E-state index in [0.29, 0.717) is 45.2 Å². The van der Waals surface area contributed by atoms with E-state index in [9.17, 15) is 9.18 Å². The maximum absolute atomic E-state index is 14.5. The lowest BCUT2D eigenvalue weighted by Gasteiger charge is -2.32. The van der Waals surface area contributed by atoms with E-state index in [2.05, 4.69) is 51.4 Å². The first-order valence-corrected chi connectivity index (χ1v) is 16.0. The average molecular weight is 618 g/mol. The third-order valence-corrected chi connectivity index (χ3v) is 10.2. The van der Waals surface area contributed by atoms with Crippen molar-refractivity contribution < 1.29 is 18.5 Å². The Labute approximate surface area is 262 Å². The summed E-state index contributed by atoms with van der Waals surface area (Å²) in [6.45, 7) is 8.16. The van der Waals surface area contributed by atoms with Gasteiger partial charge in [-0.1, -0.05) is 42.4 Å². The van der Waals surface area contributed by atoms with Crippen LogP contribution in [0.3, 0.4) is 0 Å². The van der Waals surface area contributed by atoms with Gasteiger partial charge >= 0.3 is 11.8 Å². The van der Waals surface area contributed by atoms with Gasteiger partial charge in [0.05, 0.1) is 41.6 Å². The van der Waals surface area contributed by atoms with Crippen molar-refractivity contribution in [2.45, 2.75) is 50.4 Å². The largest absolute Gasteiger partial charge is 0.443 e. The summed E-state index contributed by atoms with van der Waals surface area (Å²) in [6.07, 6.45) is 6.86. The molecule has 3 saturated heterocycles. The van der Waals surface area contributed by atoms with Crippen LogP contribution in [0.25, 0.3) is 10.8 Å². The molecule has 0 bridgehead atoms. The van der Waals surface area contributed by atoms with Gasteiger partial charge in [-0.05, 0) is 49.4 Å². The van der Waals surface area contributed by atoms with Crippen LogP contribution in [0.2, 0.25) is 5.02 Å². The molecule has 4 aliphatic heterocycles.